The molecule has 0 amide bonds. The lowest BCUT2D eigenvalue weighted by Gasteiger charge is -2.07. The summed E-state index contributed by atoms with van der Waals surface area (Å²) in [5.41, 5.74) is 2.57. The lowest BCUT2D eigenvalue weighted by molar-refractivity contribution is 0.659. The highest BCUT2D eigenvalue weighted by molar-refractivity contribution is 9.10. The molecule has 0 aliphatic rings. The predicted molar refractivity (Wildman–Crippen MR) is 74.1 cm³/mol. The van der Waals surface area contributed by atoms with E-state index in [-0.39, 0.29) is 0 Å². The van der Waals surface area contributed by atoms with Gasteiger partial charge in [0.25, 0.3) is 0 Å². The number of hydrogen-bond donors (Lipinski definition) is 1. The highest BCUT2D eigenvalue weighted by Crippen LogP contribution is 2.21. The first-order chi connectivity index (χ1) is 8.72. The second-order valence-corrected chi connectivity index (χ2v) is 4.78. The highest BCUT2D eigenvalue weighted by Gasteiger charge is 2.03. The number of rotatable bonds is 4. The van der Waals surface area contributed by atoms with Gasteiger partial charge in [0.1, 0.15) is 6.07 Å². The first-order valence-electron chi connectivity index (χ1n) is 5.67. The molecule has 0 aliphatic carbocycles. The van der Waals surface area contributed by atoms with Crippen LogP contribution in [0, 0.1) is 11.3 Å². The second-order valence-electron chi connectivity index (χ2n) is 3.86. The van der Waals surface area contributed by atoms with Crippen molar-refractivity contribution in [2.45, 2.75) is 20.0 Å². The van der Waals surface area contributed by atoms with Crippen LogP contribution in [0.15, 0.2) is 35.1 Å². The lowest BCUT2D eigenvalue weighted by Crippen LogP contribution is -2.00. The Labute approximate surface area is 114 Å². The fraction of sp³-hybridized carbons (Fsp3) is 0.231. The number of halogens is 1. The molecule has 92 valence electrons. The minimum atomic E-state index is 0.640. The number of anilines is 1. The SMILES string of the molecule is CCn1cc(CNc2cc(Br)ccc2C#N)cn1. The van der Waals surface area contributed by atoms with Gasteiger partial charge >= 0.3 is 0 Å². The van der Waals surface area contributed by atoms with Crippen molar-refractivity contribution < 1.29 is 0 Å². The summed E-state index contributed by atoms with van der Waals surface area (Å²) in [6.07, 6.45) is 3.83. The molecular weight excluding hydrogens is 292 g/mol. The average Bonchev–Trinajstić information content (AvgIpc) is 2.84. The van der Waals surface area contributed by atoms with Crippen molar-refractivity contribution in [1.29, 1.82) is 5.26 Å². The summed E-state index contributed by atoms with van der Waals surface area (Å²) in [5, 5.41) is 16.5. The minimum Gasteiger partial charge on any atom is -0.380 e. The van der Waals surface area contributed by atoms with Crippen molar-refractivity contribution in [3.05, 3.63) is 46.2 Å². The van der Waals surface area contributed by atoms with Crippen LogP contribution in [0.25, 0.3) is 0 Å². The van der Waals surface area contributed by atoms with Crippen molar-refractivity contribution in [2.24, 2.45) is 0 Å². The smallest absolute Gasteiger partial charge is 0.101 e. The van der Waals surface area contributed by atoms with Crippen LogP contribution in [0.4, 0.5) is 5.69 Å². The van der Waals surface area contributed by atoms with E-state index in [1.807, 2.05) is 36.1 Å². The number of nitrogens with zero attached hydrogens (tertiary/aromatic N) is 3. The van der Waals surface area contributed by atoms with Crippen molar-refractivity contribution >= 4 is 21.6 Å². The minimum absolute atomic E-state index is 0.640. The van der Waals surface area contributed by atoms with Crippen LogP contribution in [0.5, 0.6) is 0 Å². The topological polar surface area (TPSA) is 53.6 Å². The monoisotopic (exact) mass is 304 g/mol. The Kier molecular flexibility index (Phi) is 4.00. The molecule has 0 bridgehead atoms. The molecule has 0 unspecified atom stereocenters. The maximum Gasteiger partial charge on any atom is 0.101 e. The second kappa shape index (κ2) is 5.69. The summed E-state index contributed by atoms with van der Waals surface area (Å²) in [6, 6.07) is 7.73. The molecule has 1 aromatic carbocycles. The van der Waals surface area contributed by atoms with Gasteiger partial charge in [0.15, 0.2) is 0 Å². The summed E-state index contributed by atoms with van der Waals surface area (Å²) in [5.74, 6) is 0. The summed E-state index contributed by atoms with van der Waals surface area (Å²) >= 11 is 3.40. The Morgan fingerprint density at radius 2 is 2.33 bits per heavy atom. The van der Waals surface area contributed by atoms with Gasteiger partial charge in [0.2, 0.25) is 0 Å². The first-order valence-corrected chi connectivity index (χ1v) is 6.47. The van der Waals surface area contributed by atoms with Gasteiger partial charge in [-0.1, -0.05) is 15.9 Å². The molecule has 0 atom stereocenters. The fourth-order valence-electron chi connectivity index (χ4n) is 1.63. The molecule has 2 rings (SSSR count). The van der Waals surface area contributed by atoms with Crippen LogP contribution in [0.1, 0.15) is 18.1 Å². The van der Waals surface area contributed by atoms with Gasteiger partial charge in [-0.2, -0.15) is 10.4 Å². The Balaban J connectivity index is 2.10. The maximum absolute atomic E-state index is 9.03. The van der Waals surface area contributed by atoms with E-state index in [1.165, 1.54) is 0 Å². The summed E-state index contributed by atoms with van der Waals surface area (Å²) in [7, 11) is 0. The van der Waals surface area contributed by atoms with Gasteiger partial charge in [0.05, 0.1) is 17.4 Å². The van der Waals surface area contributed by atoms with Crippen LogP contribution in [0.2, 0.25) is 0 Å². The van der Waals surface area contributed by atoms with Crippen LogP contribution >= 0.6 is 15.9 Å². The number of aromatic nitrogens is 2. The van der Waals surface area contributed by atoms with Gasteiger partial charge in [0, 0.05) is 29.3 Å². The normalized spacial score (nSPS) is 10.1. The number of aryl methyl sites for hydroxylation is 1. The third-order valence-electron chi connectivity index (χ3n) is 2.60. The van der Waals surface area contributed by atoms with Crippen LogP contribution in [-0.2, 0) is 13.1 Å². The molecule has 18 heavy (non-hydrogen) atoms. The van der Waals surface area contributed by atoms with E-state index in [1.54, 1.807) is 6.07 Å². The largest absolute Gasteiger partial charge is 0.380 e. The van der Waals surface area contributed by atoms with E-state index in [2.05, 4.69) is 32.4 Å². The van der Waals surface area contributed by atoms with E-state index in [4.69, 9.17) is 5.26 Å². The Morgan fingerprint density at radius 1 is 1.50 bits per heavy atom. The van der Waals surface area contributed by atoms with Crippen molar-refractivity contribution in [1.82, 2.24) is 9.78 Å². The van der Waals surface area contributed by atoms with Crippen molar-refractivity contribution in [3.8, 4) is 6.07 Å². The summed E-state index contributed by atoms with van der Waals surface area (Å²) in [6.45, 7) is 3.57. The highest BCUT2D eigenvalue weighted by atomic mass is 79.9. The summed E-state index contributed by atoms with van der Waals surface area (Å²) < 4.78 is 2.83. The first kappa shape index (κ1) is 12.7. The van der Waals surface area contributed by atoms with E-state index in [0.717, 1.165) is 22.3 Å². The van der Waals surface area contributed by atoms with Crippen molar-refractivity contribution in [2.75, 3.05) is 5.32 Å². The Hall–Kier alpha value is -1.80. The molecule has 1 heterocycles. The van der Waals surface area contributed by atoms with Crippen molar-refractivity contribution in [3.63, 3.8) is 0 Å². The number of benzene rings is 1. The third kappa shape index (κ3) is 2.90. The number of nitrogens with one attached hydrogen (secondary N) is 1. The van der Waals surface area contributed by atoms with Crippen LogP contribution < -0.4 is 5.32 Å². The molecule has 1 aromatic heterocycles. The standard InChI is InChI=1S/C13H13BrN4/c1-2-18-9-10(8-17-18)7-16-13-5-12(14)4-3-11(13)6-15/h3-5,8-9,16H,2,7H2,1H3. The molecule has 0 spiro atoms. The zero-order valence-electron chi connectivity index (χ0n) is 10.0. The van der Waals surface area contributed by atoms with E-state index in [9.17, 15) is 0 Å². The molecule has 5 heteroatoms. The van der Waals surface area contributed by atoms with E-state index >= 15 is 0 Å². The quantitative estimate of drug-likeness (QED) is 0.944. The average molecular weight is 305 g/mol. The van der Waals surface area contributed by atoms with Crippen LogP contribution in [-0.4, -0.2) is 9.78 Å². The third-order valence-corrected chi connectivity index (χ3v) is 3.09. The number of hydrogen-bond acceptors (Lipinski definition) is 3. The molecule has 1 N–H and O–H groups in total. The molecule has 0 aliphatic heterocycles. The predicted octanol–water partition coefficient (Wildman–Crippen LogP) is 3.15. The number of nitriles is 1. The van der Waals surface area contributed by atoms with Gasteiger partial charge in [-0.15, -0.1) is 0 Å². The van der Waals surface area contributed by atoms with E-state index in [0.29, 0.717) is 12.1 Å². The molecular formula is C13H13BrN4. The molecule has 0 saturated heterocycles. The molecule has 2 aromatic rings. The molecule has 0 radical (unpaired) electrons. The van der Waals surface area contributed by atoms with Gasteiger partial charge < -0.3 is 5.32 Å². The fourth-order valence-corrected chi connectivity index (χ4v) is 1.99. The summed E-state index contributed by atoms with van der Waals surface area (Å²) in [4.78, 5) is 0. The Morgan fingerprint density at radius 3 is 3.00 bits per heavy atom. The Bertz CT molecular complexity index is 583. The molecule has 4 nitrogen and oxygen atoms in total. The molecule has 0 saturated carbocycles. The van der Waals surface area contributed by atoms with Gasteiger partial charge in [-0.3, -0.25) is 4.68 Å². The lowest BCUT2D eigenvalue weighted by atomic mass is 10.2. The van der Waals surface area contributed by atoms with Crippen LogP contribution in [0.3, 0.4) is 0 Å². The van der Waals surface area contributed by atoms with Gasteiger partial charge in [-0.25, -0.2) is 0 Å². The van der Waals surface area contributed by atoms with E-state index < -0.39 is 0 Å². The maximum atomic E-state index is 9.03. The zero-order valence-corrected chi connectivity index (χ0v) is 11.6. The molecule has 0 fully saturated rings. The van der Waals surface area contributed by atoms with Gasteiger partial charge in [-0.05, 0) is 25.1 Å². The zero-order chi connectivity index (χ0) is 13.0.